The standard InChI is InChI=1S/C11H13BrN4O2/c1-7(6-17)2-14-11(18)9-4-15-16-5-8(12)3-13-10(9)16/h3-5,7,17H,2,6H2,1H3,(H,14,18). The van der Waals surface area contributed by atoms with Gasteiger partial charge in [-0.15, -0.1) is 0 Å². The lowest BCUT2D eigenvalue weighted by atomic mass is 10.2. The molecule has 6 nitrogen and oxygen atoms in total. The van der Waals surface area contributed by atoms with Crippen molar-refractivity contribution in [1.82, 2.24) is 19.9 Å². The number of amides is 1. The molecule has 0 radical (unpaired) electrons. The summed E-state index contributed by atoms with van der Waals surface area (Å²) in [6.07, 6.45) is 4.83. The van der Waals surface area contributed by atoms with E-state index in [1.54, 1.807) is 12.4 Å². The van der Waals surface area contributed by atoms with E-state index in [9.17, 15) is 4.79 Å². The second-order valence-corrected chi connectivity index (χ2v) is 5.01. The van der Waals surface area contributed by atoms with Crippen LogP contribution in [-0.2, 0) is 0 Å². The summed E-state index contributed by atoms with van der Waals surface area (Å²) in [6, 6.07) is 0. The average molecular weight is 313 g/mol. The number of nitrogens with one attached hydrogen (secondary N) is 1. The number of carbonyl (C=O) groups excluding carboxylic acids is 1. The minimum atomic E-state index is -0.236. The molecular weight excluding hydrogens is 300 g/mol. The van der Waals surface area contributed by atoms with Crippen LogP contribution in [0.15, 0.2) is 23.1 Å². The van der Waals surface area contributed by atoms with Crippen LogP contribution >= 0.6 is 15.9 Å². The average Bonchev–Trinajstić information content (AvgIpc) is 2.78. The molecule has 0 aromatic carbocycles. The molecular formula is C11H13BrN4O2. The van der Waals surface area contributed by atoms with Gasteiger partial charge in [-0.3, -0.25) is 4.79 Å². The molecule has 0 saturated carbocycles. The molecule has 0 spiro atoms. The first-order valence-electron chi connectivity index (χ1n) is 5.49. The van der Waals surface area contributed by atoms with E-state index in [1.807, 2.05) is 6.92 Å². The van der Waals surface area contributed by atoms with Crippen molar-refractivity contribution in [2.75, 3.05) is 13.2 Å². The predicted molar refractivity (Wildman–Crippen MR) is 69.3 cm³/mol. The Balaban J connectivity index is 2.18. The summed E-state index contributed by atoms with van der Waals surface area (Å²) in [5, 5.41) is 15.7. The molecule has 1 unspecified atom stereocenters. The van der Waals surface area contributed by atoms with Gasteiger partial charge in [0.2, 0.25) is 0 Å². The second kappa shape index (κ2) is 5.45. The Bertz CT molecular complexity index is 569. The third-order valence-electron chi connectivity index (χ3n) is 2.49. The molecule has 0 fully saturated rings. The van der Waals surface area contributed by atoms with E-state index >= 15 is 0 Å². The summed E-state index contributed by atoms with van der Waals surface area (Å²) in [5.41, 5.74) is 0.931. The van der Waals surface area contributed by atoms with Gasteiger partial charge in [0.05, 0.1) is 10.7 Å². The van der Waals surface area contributed by atoms with Gasteiger partial charge in [-0.05, 0) is 21.8 Å². The van der Waals surface area contributed by atoms with E-state index in [1.165, 1.54) is 10.7 Å². The Morgan fingerprint density at radius 2 is 2.39 bits per heavy atom. The minimum Gasteiger partial charge on any atom is -0.396 e. The van der Waals surface area contributed by atoms with E-state index in [0.29, 0.717) is 17.8 Å². The van der Waals surface area contributed by atoms with Crippen molar-refractivity contribution < 1.29 is 9.90 Å². The molecule has 2 heterocycles. The molecule has 7 heteroatoms. The highest BCUT2D eigenvalue weighted by atomic mass is 79.9. The van der Waals surface area contributed by atoms with Crippen molar-refractivity contribution in [1.29, 1.82) is 0 Å². The fourth-order valence-corrected chi connectivity index (χ4v) is 1.74. The smallest absolute Gasteiger partial charge is 0.256 e. The number of aliphatic hydroxyl groups is 1. The van der Waals surface area contributed by atoms with Crippen molar-refractivity contribution in [3.8, 4) is 0 Å². The molecule has 1 atom stereocenters. The van der Waals surface area contributed by atoms with E-state index in [2.05, 4.69) is 31.3 Å². The van der Waals surface area contributed by atoms with Gasteiger partial charge in [0.1, 0.15) is 5.56 Å². The Hall–Kier alpha value is -1.47. The molecule has 0 aliphatic heterocycles. The van der Waals surface area contributed by atoms with E-state index < -0.39 is 0 Å². The van der Waals surface area contributed by atoms with Gasteiger partial charge >= 0.3 is 0 Å². The zero-order valence-electron chi connectivity index (χ0n) is 9.80. The van der Waals surface area contributed by atoms with E-state index in [0.717, 1.165) is 4.47 Å². The number of nitrogens with zero attached hydrogens (tertiary/aromatic N) is 3. The number of hydrogen-bond donors (Lipinski definition) is 2. The Labute approximate surface area is 112 Å². The van der Waals surface area contributed by atoms with Crippen molar-refractivity contribution >= 4 is 27.5 Å². The van der Waals surface area contributed by atoms with Crippen LogP contribution in [-0.4, -0.2) is 38.8 Å². The number of aromatic nitrogens is 3. The Morgan fingerprint density at radius 3 is 3.11 bits per heavy atom. The Kier molecular flexibility index (Phi) is 3.93. The maximum absolute atomic E-state index is 11.9. The van der Waals surface area contributed by atoms with Crippen molar-refractivity contribution in [3.05, 3.63) is 28.6 Å². The van der Waals surface area contributed by atoms with Gasteiger partial charge in [0, 0.05) is 25.5 Å². The summed E-state index contributed by atoms with van der Waals surface area (Å²) < 4.78 is 2.33. The van der Waals surface area contributed by atoms with E-state index in [4.69, 9.17) is 5.11 Å². The molecule has 0 aliphatic rings. The van der Waals surface area contributed by atoms with Gasteiger partial charge in [0.25, 0.3) is 5.91 Å². The third-order valence-corrected chi connectivity index (χ3v) is 2.90. The van der Waals surface area contributed by atoms with Gasteiger partial charge in [-0.1, -0.05) is 6.92 Å². The predicted octanol–water partition coefficient (Wildman–Crippen LogP) is 0.850. The first-order valence-corrected chi connectivity index (χ1v) is 6.29. The first kappa shape index (κ1) is 13.0. The van der Waals surface area contributed by atoms with Gasteiger partial charge < -0.3 is 10.4 Å². The number of rotatable bonds is 4. The monoisotopic (exact) mass is 312 g/mol. The lowest BCUT2D eigenvalue weighted by molar-refractivity contribution is 0.0943. The summed E-state index contributed by atoms with van der Waals surface area (Å²) in [4.78, 5) is 16.1. The number of aliphatic hydroxyl groups excluding tert-OH is 1. The highest BCUT2D eigenvalue weighted by molar-refractivity contribution is 9.10. The number of fused-ring (bicyclic) bond motifs is 1. The quantitative estimate of drug-likeness (QED) is 0.877. The minimum absolute atomic E-state index is 0.0258. The van der Waals surface area contributed by atoms with Crippen molar-refractivity contribution in [3.63, 3.8) is 0 Å². The third kappa shape index (κ3) is 2.68. The van der Waals surface area contributed by atoms with Gasteiger partial charge in [-0.2, -0.15) is 5.10 Å². The van der Waals surface area contributed by atoms with Crippen molar-refractivity contribution in [2.24, 2.45) is 5.92 Å². The zero-order valence-corrected chi connectivity index (χ0v) is 11.4. The van der Waals surface area contributed by atoms with Crippen LogP contribution in [0.2, 0.25) is 0 Å². The lowest BCUT2D eigenvalue weighted by Crippen LogP contribution is -2.29. The SMILES string of the molecule is CC(CO)CNC(=O)c1cnn2cc(Br)cnc12. The number of carbonyl (C=O) groups is 1. The molecule has 2 rings (SSSR count). The van der Waals surface area contributed by atoms with Crippen LogP contribution in [0.4, 0.5) is 0 Å². The Morgan fingerprint density at radius 1 is 1.61 bits per heavy atom. The molecule has 2 aromatic rings. The largest absolute Gasteiger partial charge is 0.396 e. The van der Waals surface area contributed by atoms with E-state index in [-0.39, 0.29) is 18.4 Å². The van der Waals surface area contributed by atoms with Crippen LogP contribution in [0.3, 0.4) is 0 Å². The molecule has 1 amide bonds. The molecule has 0 saturated heterocycles. The zero-order chi connectivity index (χ0) is 13.1. The number of hydrogen-bond acceptors (Lipinski definition) is 4. The molecule has 2 N–H and O–H groups in total. The van der Waals surface area contributed by atoms with Gasteiger partial charge in [-0.25, -0.2) is 9.50 Å². The van der Waals surface area contributed by atoms with Crippen LogP contribution in [0.25, 0.3) is 5.65 Å². The van der Waals surface area contributed by atoms with Crippen molar-refractivity contribution in [2.45, 2.75) is 6.92 Å². The highest BCUT2D eigenvalue weighted by Gasteiger charge is 2.14. The maximum Gasteiger partial charge on any atom is 0.256 e. The maximum atomic E-state index is 11.9. The van der Waals surface area contributed by atoms with Gasteiger partial charge in [0.15, 0.2) is 5.65 Å². The fourth-order valence-electron chi connectivity index (χ4n) is 1.44. The second-order valence-electron chi connectivity index (χ2n) is 4.10. The molecule has 18 heavy (non-hydrogen) atoms. The first-order chi connectivity index (χ1) is 8.61. The summed E-state index contributed by atoms with van der Waals surface area (Å²) in [6.45, 7) is 2.31. The molecule has 2 aromatic heterocycles. The summed E-state index contributed by atoms with van der Waals surface area (Å²) in [5.74, 6) is -0.210. The summed E-state index contributed by atoms with van der Waals surface area (Å²) >= 11 is 3.29. The van der Waals surface area contributed by atoms with Crippen LogP contribution in [0, 0.1) is 5.92 Å². The molecule has 0 aliphatic carbocycles. The van der Waals surface area contributed by atoms with Crippen LogP contribution in [0.5, 0.6) is 0 Å². The summed E-state index contributed by atoms with van der Waals surface area (Å²) in [7, 11) is 0. The molecule has 0 bridgehead atoms. The lowest BCUT2D eigenvalue weighted by Gasteiger charge is -2.08. The highest BCUT2D eigenvalue weighted by Crippen LogP contribution is 2.12. The fraction of sp³-hybridized carbons (Fsp3) is 0.364. The normalized spacial score (nSPS) is 12.6. The number of halogens is 1. The topological polar surface area (TPSA) is 79.5 Å². The molecule has 96 valence electrons. The van der Waals surface area contributed by atoms with Crippen LogP contribution < -0.4 is 5.32 Å². The van der Waals surface area contributed by atoms with Crippen LogP contribution in [0.1, 0.15) is 17.3 Å².